The summed E-state index contributed by atoms with van der Waals surface area (Å²) in [5, 5.41) is 6.52. The van der Waals surface area contributed by atoms with Gasteiger partial charge in [0, 0.05) is 43.4 Å². The Labute approximate surface area is 204 Å². The minimum atomic E-state index is -3.98. The van der Waals surface area contributed by atoms with Crippen molar-refractivity contribution in [3.05, 3.63) is 59.7 Å². The Kier molecular flexibility index (Phi) is 5.94. The average Bonchev–Trinajstić information content (AvgIpc) is 2.82. The summed E-state index contributed by atoms with van der Waals surface area (Å²) in [6.07, 6.45) is 1.10. The highest BCUT2D eigenvalue weighted by molar-refractivity contribution is 7.92. The number of nitrogens with zero attached hydrogens (tertiary/aromatic N) is 2. The Hall–Kier alpha value is -3.50. The van der Waals surface area contributed by atoms with Gasteiger partial charge in [0.25, 0.3) is 10.0 Å². The van der Waals surface area contributed by atoms with Crippen LogP contribution < -0.4 is 20.1 Å². The van der Waals surface area contributed by atoms with Gasteiger partial charge in [-0.2, -0.15) is 4.98 Å². The minimum absolute atomic E-state index is 0.0582. The van der Waals surface area contributed by atoms with Crippen molar-refractivity contribution >= 4 is 27.9 Å². The highest BCUT2D eigenvalue weighted by Gasteiger charge is 2.38. The molecule has 5 rings (SSSR count). The van der Waals surface area contributed by atoms with E-state index in [9.17, 15) is 13.2 Å². The van der Waals surface area contributed by atoms with E-state index >= 15 is 0 Å². The number of carbonyl (C=O) groups is 1. The van der Waals surface area contributed by atoms with E-state index in [1.54, 1.807) is 18.2 Å². The number of carbonyl (C=O) groups excluding carboxylic acids is 1. The maximum Gasteiger partial charge on any atom is 0.264 e. The number of aldehydes is 1. The molecule has 35 heavy (non-hydrogen) atoms. The van der Waals surface area contributed by atoms with E-state index in [2.05, 4.69) is 25.3 Å². The monoisotopic (exact) mass is 493 g/mol. The van der Waals surface area contributed by atoms with Gasteiger partial charge in [-0.25, -0.2) is 18.1 Å². The first kappa shape index (κ1) is 23.3. The number of ether oxygens (including phenoxy) is 1. The van der Waals surface area contributed by atoms with Gasteiger partial charge in [-0.1, -0.05) is 24.3 Å². The van der Waals surface area contributed by atoms with E-state index in [0.717, 1.165) is 23.0 Å². The fourth-order valence-electron chi connectivity index (χ4n) is 4.71. The summed E-state index contributed by atoms with van der Waals surface area (Å²) < 4.78 is 35.2. The Balaban J connectivity index is 1.66. The van der Waals surface area contributed by atoms with Gasteiger partial charge < -0.3 is 20.2 Å². The van der Waals surface area contributed by atoms with Gasteiger partial charge in [-0.3, -0.25) is 0 Å². The molecule has 0 radical (unpaired) electrons. The lowest BCUT2D eigenvalue weighted by molar-refractivity contribution is -0.117. The molecule has 0 saturated carbocycles. The molecule has 2 aliphatic rings. The van der Waals surface area contributed by atoms with E-state index in [-0.39, 0.29) is 22.8 Å². The van der Waals surface area contributed by atoms with Crippen LogP contribution in [0.2, 0.25) is 0 Å². The van der Waals surface area contributed by atoms with Gasteiger partial charge >= 0.3 is 0 Å². The van der Waals surface area contributed by atoms with E-state index in [1.165, 1.54) is 12.1 Å². The Morgan fingerprint density at radius 1 is 1.06 bits per heavy atom. The first-order valence-electron chi connectivity index (χ1n) is 11.4. The third-order valence-corrected chi connectivity index (χ3v) is 7.80. The molecule has 0 spiro atoms. The largest absolute Gasteiger partial charge is 0.473 e. The topological polar surface area (TPSA) is 122 Å². The van der Waals surface area contributed by atoms with Gasteiger partial charge in [0.05, 0.1) is 16.0 Å². The number of aromatic nitrogens is 2. The van der Waals surface area contributed by atoms with E-state index in [0.29, 0.717) is 37.4 Å². The summed E-state index contributed by atoms with van der Waals surface area (Å²) in [6.45, 7) is 5.31. The molecule has 10 heteroatoms. The molecule has 1 fully saturated rings. The van der Waals surface area contributed by atoms with E-state index in [4.69, 9.17) is 4.74 Å². The molecule has 6 bridgehead atoms. The standard InChI is InChI=1S/C25H27N5O4S/c1-16-5-3-6-17(2)23(16)21-10-22-29-24(28-21)30-35(32,33)20-8-4-7-18(9-20)27-14-25(15-31)11-19(34-22)12-26-13-25/h3-10,15,19,26-27H,11-14H2,1-2H3,(H,28,29,30)/t19-,25?/m1/s1. The van der Waals surface area contributed by atoms with E-state index in [1.807, 2.05) is 32.0 Å². The van der Waals surface area contributed by atoms with Crippen LogP contribution in [0.4, 0.5) is 11.6 Å². The van der Waals surface area contributed by atoms with Crippen molar-refractivity contribution < 1.29 is 17.9 Å². The van der Waals surface area contributed by atoms with Crippen molar-refractivity contribution in [1.82, 2.24) is 15.3 Å². The predicted octanol–water partition coefficient (Wildman–Crippen LogP) is 2.91. The third-order valence-electron chi connectivity index (χ3n) is 6.48. The van der Waals surface area contributed by atoms with Crippen LogP contribution in [0.3, 0.4) is 0 Å². The fraction of sp³-hybridized carbons (Fsp3) is 0.320. The first-order chi connectivity index (χ1) is 16.8. The smallest absolute Gasteiger partial charge is 0.264 e. The lowest BCUT2D eigenvalue weighted by Gasteiger charge is -2.37. The third kappa shape index (κ3) is 4.71. The highest BCUT2D eigenvalue weighted by Crippen LogP contribution is 2.32. The molecule has 1 aromatic heterocycles. The molecular weight excluding hydrogens is 466 g/mol. The fourth-order valence-corrected chi connectivity index (χ4v) is 5.70. The van der Waals surface area contributed by atoms with Crippen molar-refractivity contribution in [2.24, 2.45) is 5.41 Å². The van der Waals surface area contributed by atoms with Crippen LogP contribution in [0, 0.1) is 19.3 Å². The highest BCUT2D eigenvalue weighted by atomic mass is 32.2. The lowest BCUT2D eigenvalue weighted by atomic mass is 9.80. The molecule has 1 saturated heterocycles. The molecule has 3 aromatic rings. The van der Waals surface area contributed by atoms with Crippen LogP contribution in [0.5, 0.6) is 5.88 Å². The summed E-state index contributed by atoms with van der Waals surface area (Å²) in [5.41, 5.74) is 3.31. The summed E-state index contributed by atoms with van der Waals surface area (Å²) in [5.74, 6) is 0.156. The summed E-state index contributed by atoms with van der Waals surface area (Å²) in [7, 11) is -3.98. The number of benzene rings is 2. The zero-order valence-electron chi connectivity index (χ0n) is 19.5. The van der Waals surface area contributed by atoms with Crippen LogP contribution in [-0.2, 0) is 14.8 Å². The maximum absolute atomic E-state index is 13.2. The second kappa shape index (κ2) is 8.94. The molecule has 0 aliphatic carbocycles. The van der Waals surface area contributed by atoms with Crippen LogP contribution in [0.25, 0.3) is 11.3 Å². The summed E-state index contributed by atoms with van der Waals surface area (Å²) in [4.78, 5) is 21.2. The second-order valence-corrected chi connectivity index (χ2v) is 10.9. The summed E-state index contributed by atoms with van der Waals surface area (Å²) >= 11 is 0. The van der Waals surface area contributed by atoms with Gasteiger partial charge in [-0.15, -0.1) is 0 Å². The molecule has 2 aliphatic heterocycles. The second-order valence-electron chi connectivity index (χ2n) is 9.22. The number of nitrogens with one attached hydrogen (secondary N) is 3. The summed E-state index contributed by atoms with van der Waals surface area (Å²) in [6, 6.07) is 14.1. The van der Waals surface area contributed by atoms with Crippen molar-refractivity contribution in [3.8, 4) is 17.1 Å². The number of rotatable bonds is 2. The maximum atomic E-state index is 13.2. The van der Waals surface area contributed by atoms with Gasteiger partial charge in [-0.05, 0) is 43.2 Å². The van der Waals surface area contributed by atoms with Gasteiger partial charge in [0.2, 0.25) is 11.8 Å². The van der Waals surface area contributed by atoms with E-state index < -0.39 is 15.4 Å². The average molecular weight is 494 g/mol. The van der Waals surface area contributed by atoms with Crippen LogP contribution in [0.1, 0.15) is 17.5 Å². The predicted molar refractivity (Wildman–Crippen MR) is 133 cm³/mol. The number of hydrogen-bond acceptors (Lipinski definition) is 8. The van der Waals surface area contributed by atoms with Crippen LogP contribution >= 0.6 is 0 Å². The van der Waals surface area contributed by atoms with Crippen LogP contribution in [0.15, 0.2) is 53.4 Å². The van der Waals surface area contributed by atoms with Crippen molar-refractivity contribution in [2.75, 3.05) is 29.7 Å². The minimum Gasteiger partial charge on any atom is -0.473 e. The van der Waals surface area contributed by atoms with Crippen molar-refractivity contribution in [1.29, 1.82) is 0 Å². The van der Waals surface area contributed by atoms with Gasteiger partial charge in [0.1, 0.15) is 12.4 Å². The number of aryl methyl sites for hydroxylation is 2. The molecule has 3 heterocycles. The number of sulfonamides is 1. The lowest BCUT2D eigenvalue weighted by Crippen LogP contribution is -2.52. The number of hydrogen-bond donors (Lipinski definition) is 3. The zero-order valence-corrected chi connectivity index (χ0v) is 20.4. The van der Waals surface area contributed by atoms with Crippen molar-refractivity contribution in [3.63, 3.8) is 0 Å². The normalized spacial score (nSPS) is 23.1. The van der Waals surface area contributed by atoms with Crippen molar-refractivity contribution in [2.45, 2.75) is 31.3 Å². The number of anilines is 2. The zero-order chi connectivity index (χ0) is 24.6. The molecular formula is C25H27N5O4S. The number of piperidine rings is 1. The molecule has 0 amide bonds. The first-order valence-corrected chi connectivity index (χ1v) is 12.9. The molecule has 9 nitrogen and oxygen atoms in total. The Bertz CT molecular complexity index is 1370. The van der Waals surface area contributed by atoms with Gasteiger partial charge in [0.15, 0.2) is 0 Å². The SMILES string of the molecule is Cc1cccc(C)c1-c1cc2nc(n1)NS(=O)(=O)c1cccc(c1)NCC1(C=O)CNC[C@@H](C1)O2. The molecule has 3 N–H and O–H groups in total. The Morgan fingerprint density at radius 3 is 2.60 bits per heavy atom. The molecule has 2 atom stereocenters. The number of fused-ring (bicyclic) bond motifs is 6. The molecule has 2 aromatic carbocycles. The quantitative estimate of drug-likeness (QED) is 0.466. The molecule has 182 valence electrons. The Morgan fingerprint density at radius 2 is 1.83 bits per heavy atom. The van der Waals surface area contributed by atoms with Crippen LogP contribution in [-0.4, -0.2) is 50.4 Å². The molecule has 1 unspecified atom stereocenters.